The third-order valence-electron chi connectivity index (χ3n) is 10.8. The number of fused-ring (bicyclic) bond motifs is 4. The van der Waals surface area contributed by atoms with Gasteiger partial charge >= 0.3 is 5.97 Å². The molecule has 0 bridgehead atoms. The van der Waals surface area contributed by atoms with Gasteiger partial charge in [0.1, 0.15) is 12.2 Å². The lowest BCUT2D eigenvalue weighted by atomic mass is 9.78. The van der Waals surface area contributed by atoms with Gasteiger partial charge in [0, 0.05) is 43.4 Å². The Morgan fingerprint density at radius 2 is 1.57 bits per heavy atom. The van der Waals surface area contributed by atoms with Crippen molar-refractivity contribution in [3.05, 3.63) is 47.6 Å². The zero-order valence-electron chi connectivity index (χ0n) is 26.8. The number of rotatable bonds is 9. The molecular formula is C37H52N2O5. The van der Waals surface area contributed by atoms with Crippen molar-refractivity contribution in [3.63, 3.8) is 0 Å². The molecule has 0 radical (unpaired) electrons. The van der Waals surface area contributed by atoms with Crippen molar-refractivity contribution in [2.24, 2.45) is 33.7 Å². The molecule has 2 aliphatic heterocycles. The standard InChI is InChI=1S/C37H52N2O5/c1-24-11-9-12-27(14-16-29-25(2)32(40)21-31(29)33(24)41)22-38-19-7-5-6-8-20-39-23-28-13-10-18-37(4)35(44-37)34-30(17-15-28)26(3)36(42)43-34/h12-13,22-24,29-31,33-35,41H,2-3,5-11,14-21H2,1,4H3/b27-12+,28-13+,38-22+,39-23-/t24-,29-,30-,31-,33+,34-,35-,37+/m0/s1. The van der Waals surface area contributed by atoms with Crippen molar-refractivity contribution in [2.45, 2.75) is 121 Å². The van der Waals surface area contributed by atoms with Gasteiger partial charge in [-0.05, 0) is 106 Å². The van der Waals surface area contributed by atoms with Gasteiger partial charge in [0.15, 0.2) is 5.78 Å². The fourth-order valence-corrected chi connectivity index (χ4v) is 7.69. The van der Waals surface area contributed by atoms with E-state index in [0.29, 0.717) is 17.6 Å². The van der Waals surface area contributed by atoms with Crippen LogP contribution in [0.25, 0.3) is 0 Å². The van der Waals surface area contributed by atoms with Gasteiger partial charge < -0.3 is 14.6 Å². The van der Waals surface area contributed by atoms with E-state index in [2.05, 4.69) is 39.2 Å². The van der Waals surface area contributed by atoms with Crippen molar-refractivity contribution >= 4 is 24.2 Å². The summed E-state index contributed by atoms with van der Waals surface area (Å²) in [6.45, 7) is 13.9. The maximum atomic E-state index is 12.3. The molecule has 0 aromatic heterocycles. The Labute approximate surface area is 263 Å². The number of esters is 1. The van der Waals surface area contributed by atoms with Crippen molar-refractivity contribution < 1.29 is 24.2 Å². The summed E-state index contributed by atoms with van der Waals surface area (Å²) >= 11 is 0. The van der Waals surface area contributed by atoms with E-state index in [1.807, 2.05) is 12.4 Å². The monoisotopic (exact) mass is 604 g/mol. The van der Waals surface area contributed by atoms with Gasteiger partial charge in [-0.3, -0.25) is 14.8 Å². The molecule has 7 heteroatoms. The third-order valence-corrected chi connectivity index (χ3v) is 10.8. The molecule has 2 saturated heterocycles. The van der Waals surface area contributed by atoms with E-state index in [1.165, 1.54) is 11.1 Å². The number of unbranched alkanes of at least 4 members (excludes halogenated alkanes) is 3. The van der Waals surface area contributed by atoms with E-state index in [4.69, 9.17) is 19.5 Å². The molecule has 0 aromatic carbocycles. The number of hydrogen-bond donors (Lipinski definition) is 1. The lowest BCUT2D eigenvalue weighted by Gasteiger charge is -2.29. The highest BCUT2D eigenvalue weighted by Gasteiger charge is 2.61. The Hall–Kier alpha value is -2.64. The fourth-order valence-electron chi connectivity index (χ4n) is 7.69. The second-order valence-corrected chi connectivity index (χ2v) is 14.0. The van der Waals surface area contributed by atoms with Crippen LogP contribution < -0.4 is 0 Å². The molecule has 1 N–H and O–H groups in total. The largest absolute Gasteiger partial charge is 0.455 e. The second-order valence-electron chi connectivity index (χ2n) is 14.0. The maximum absolute atomic E-state index is 12.3. The van der Waals surface area contributed by atoms with E-state index >= 15 is 0 Å². The minimum Gasteiger partial charge on any atom is -0.455 e. The van der Waals surface area contributed by atoms with Gasteiger partial charge in [-0.2, -0.15) is 0 Å². The highest BCUT2D eigenvalue weighted by Crippen LogP contribution is 2.49. The average Bonchev–Trinajstić information content (AvgIpc) is 3.48. The van der Waals surface area contributed by atoms with E-state index in [0.717, 1.165) is 90.1 Å². The van der Waals surface area contributed by atoms with Gasteiger partial charge in [0.25, 0.3) is 0 Å². The number of nitrogens with zero attached hydrogens (tertiary/aromatic N) is 2. The molecular weight excluding hydrogens is 552 g/mol. The summed E-state index contributed by atoms with van der Waals surface area (Å²) in [5.74, 6) is 0.146. The normalized spacial score (nSPS) is 38.8. The van der Waals surface area contributed by atoms with Gasteiger partial charge in [-0.1, -0.05) is 45.1 Å². The molecule has 8 atom stereocenters. The molecule has 240 valence electrons. The molecule has 7 nitrogen and oxygen atoms in total. The first-order chi connectivity index (χ1) is 21.2. The molecule has 0 unspecified atom stereocenters. The van der Waals surface area contributed by atoms with Crippen LogP contribution in [0.5, 0.6) is 0 Å². The first kappa shape index (κ1) is 32.7. The topological polar surface area (TPSA) is 101 Å². The molecule has 5 rings (SSSR count). The number of carbonyl (C=O) groups is 2. The second kappa shape index (κ2) is 14.6. The third kappa shape index (κ3) is 7.77. The van der Waals surface area contributed by atoms with E-state index < -0.39 is 6.10 Å². The number of hydrogen-bond acceptors (Lipinski definition) is 7. The molecule has 3 fully saturated rings. The number of Topliss-reactive ketones (excluding diaryl/α,β-unsaturated/α-hetero) is 1. The minimum absolute atomic E-state index is 0.00822. The van der Waals surface area contributed by atoms with Crippen molar-refractivity contribution in [1.29, 1.82) is 0 Å². The van der Waals surface area contributed by atoms with Crippen LogP contribution >= 0.6 is 0 Å². The van der Waals surface area contributed by atoms with E-state index in [1.54, 1.807) is 0 Å². The predicted octanol–water partition coefficient (Wildman–Crippen LogP) is 6.70. The van der Waals surface area contributed by atoms with Crippen molar-refractivity contribution in [2.75, 3.05) is 13.1 Å². The van der Waals surface area contributed by atoms with Gasteiger partial charge in [-0.25, -0.2) is 4.79 Å². The first-order valence-electron chi connectivity index (χ1n) is 17.0. The van der Waals surface area contributed by atoms with Crippen LogP contribution in [0.2, 0.25) is 0 Å². The summed E-state index contributed by atoms with van der Waals surface area (Å²) < 4.78 is 11.7. The van der Waals surface area contributed by atoms with Crippen LogP contribution in [0.1, 0.15) is 97.3 Å². The summed E-state index contributed by atoms with van der Waals surface area (Å²) in [5, 5.41) is 10.8. The zero-order chi connectivity index (χ0) is 31.3. The van der Waals surface area contributed by atoms with Gasteiger partial charge in [-0.15, -0.1) is 0 Å². The van der Waals surface area contributed by atoms with E-state index in [9.17, 15) is 14.7 Å². The summed E-state index contributed by atoms with van der Waals surface area (Å²) in [5.41, 5.74) is 3.56. The molecule has 44 heavy (non-hydrogen) atoms. The van der Waals surface area contributed by atoms with Crippen LogP contribution in [0, 0.1) is 23.7 Å². The highest BCUT2D eigenvalue weighted by molar-refractivity contribution is 5.98. The average molecular weight is 605 g/mol. The number of aliphatic imine (C=N–C) groups is 2. The zero-order valence-corrected chi connectivity index (χ0v) is 26.8. The van der Waals surface area contributed by atoms with Crippen molar-refractivity contribution in [3.8, 4) is 0 Å². The number of aliphatic hydroxyl groups excluding tert-OH is 1. The molecule has 1 saturated carbocycles. The maximum Gasteiger partial charge on any atom is 0.334 e. The Kier molecular flexibility index (Phi) is 10.9. The quantitative estimate of drug-likeness (QED) is 0.104. The van der Waals surface area contributed by atoms with Gasteiger partial charge in [0.05, 0.1) is 11.7 Å². The molecule has 3 aliphatic carbocycles. The Morgan fingerprint density at radius 3 is 2.25 bits per heavy atom. The Balaban J connectivity index is 1.00. The Bertz CT molecular complexity index is 1230. The number of ether oxygens (including phenoxy) is 2. The van der Waals surface area contributed by atoms with Crippen molar-refractivity contribution in [1.82, 2.24) is 0 Å². The molecule has 0 aromatic rings. The number of allylic oxidation sites excluding steroid dienone is 5. The summed E-state index contributed by atoms with van der Waals surface area (Å²) in [6.07, 6.45) is 20.0. The lowest BCUT2D eigenvalue weighted by molar-refractivity contribution is -0.140. The van der Waals surface area contributed by atoms with Crippen LogP contribution in [0.3, 0.4) is 0 Å². The fraction of sp³-hybridized carbons (Fsp3) is 0.676. The number of carbonyl (C=O) groups excluding carboxylic acids is 2. The summed E-state index contributed by atoms with van der Waals surface area (Å²) in [4.78, 5) is 34.0. The highest BCUT2D eigenvalue weighted by atomic mass is 16.6. The number of epoxide rings is 1. The molecule has 0 spiro atoms. The van der Waals surface area contributed by atoms with E-state index in [-0.39, 0.29) is 53.2 Å². The summed E-state index contributed by atoms with van der Waals surface area (Å²) in [7, 11) is 0. The minimum atomic E-state index is -0.431. The van der Waals surface area contributed by atoms with Crippen LogP contribution in [-0.2, 0) is 19.1 Å². The van der Waals surface area contributed by atoms with Crippen LogP contribution in [0.15, 0.2) is 57.6 Å². The molecule has 0 amide bonds. The Morgan fingerprint density at radius 1 is 0.932 bits per heavy atom. The SMILES string of the molecule is C=C1C(=O)C[C@@H]2[C@H](O)[C@@H](C)CC/C=C(/C=N/CCCCCC/N=C\C3=C\CC[C@@]4(C)O[C@H]4[C@H]4OC(=O)C(=C)[C@@H]4CC3)CC[C@@H]12. The van der Waals surface area contributed by atoms with Gasteiger partial charge in [0.2, 0.25) is 0 Å². The lowest BCUT2D eigenvalue weighted by Crippen LogP contribution is -2.31. The van der Waals surface area contributed by atoms with Crippen LogP contribution in [-0.4, -0.2) is 66.3 Å². The number of aliphatic hydroxyl groups is 1. The summed E-state index contributed by atoms with van der Waals surface area (Å²) in [6, 6.07) is 0. The molecule has 5 aliphatic rings. The predicted molar refractivity (Wildman–Crippen MR) is 175 cm³/mol. The smallest absolute Gasteiger partial charge is 0.334 e. The molecule has 2 heterocycles. The number of ketones is 1. The van der Waals surface area contributed by atoms with Crippen LogP contribution in [0.4, 0.5) is 0 Å². The first-order valence-corrected chi connectivity index (χ1v) is 17.0.